The highest BCUT2D eigenvalue weighted by Crippen LogP contribution is 2.35. The van der Waals surface area contributed by atoms with Gasteiger partial charge in [-0.15, -0.1) is 0 Å². The Hall–Kier alpha value is -4.10. The van der Waals surface area contributed by atoms with Gasteiger partial charge in [-0.2, -0.15) is 13.2 Å². The number of fused-ring (bicyclic) bond motifs is 1. The van der Waals surface area contributed by atoms with E-state index in [9.17, 15) is 18.0 Å². The largest absolute Gasteiger partial charge is 0.416 e. The van der Waals surface area contributed by atoms with Crippen LogP contribution in [0.15, 0.2) is 109 Å². The number of halogens is 4. The molecule has 0 aliphatic carbocycles. The number of hydrogen-bond donors (Lipinski definition) is 1. The van der Waals surface area contributed by atoms with E-state index in [-0.39, 0.29) is 18.2 Å². The number of imidazole rings is 1. The van der Waals surface area contributed by atoms with Crippen LogP contribution in [0.2, 0.25) is 5.02 Å². The summed E-state index contributed by atoms with van der Waals surface area (Å²) in [6.07, 6.45) is -0.648. The molecule has 3 aromatic carbocycles. The normalized spacial score (nSPS) is 12.5. The Morgan fingerprint density at radius 2 is 1.50 bits per heavy atom. The molecular formula is C32H27ClF3N3O. The molecule has 1 N–H and O–H groups in total. The van der Waals surface area contributed by atoms with Gasteiger partial charge in [0, 0.05) is 37.2 Å². The molecule has 204 valence electrons. The molecule has 0 aliphatic rings. The average molecular weight is 562 g/mol. The lowest BCUT2D eigenvalue weighted by Gasteiger charge is -2.20. The summed E-state index contributed by atoms with van der Waals surface area (Å²) in [6.45, 7) is 0.404. The van der Waals surface area contributed by atoms with Gasteiger partial charge in [0.25, 0.3) is 0 Å². The Kier molecular flexibility index (Phi) is 8.21. The van der Waals surface area contributed by atoms with E-state index in [1.54, 1.807) is 35.0 Å². The predicted molar refractivity (Wildman–Crippen MR) is 150 cm³/mol. The number of nitrogens with zero attached hydrogens (tertiary/aromatic N) is 2. The topological polar surface area (TPSA) is 46.4 Å². The Labute approximate surface area is 235 Å². The number of carbonyl (C=O) groups is 1. The van der Waals surface area contributed by atoms with Gasteiger partial charge in [0.15, 0.2) is 0 Å². The van der Waals surface area contributed by atoms with Crippen LogP contribution in [0.3, 0.4) is 0 Å². The van der Waals surface area contributed by atoms with Crippen LogP contribution in [0.5, 0.6) is 0 Å². The van der Waals surface area contributed by atoms with Gasteiger partial charge < -0.3 is 9.72 Å². The van der Waals surface area contributed by atoms with E-state index in [1.165, 1.54) is 6.07 Å². The number of aromatic nitrogens is 2. The summed E-state index contributed by atoms with van der Waals surface area (Å²) in [5, 5.41) is 3.45. The zero-order valence-corrected chi connectivity index (χ0v) is 22.2. The highest BCUT2D eigenvalue weighted by Gasteiger charge is 2.32. The first-order valence-corrected chi connectivity index (χ1v) is 13.3. The lowest BCUT2D eigenvalue weighted by molar-refractivity contribution is -0.137. The van der Waals surface area contributed by atoms with Crippen LogP contribution < -0.4 is 5.32 Å². The first kappa shape index (κ1) is 27.5. The van der Waals surface area contributed by atoms with Crippen LogP contribution in [0.1, 0.15) is 52.6 Å². The Bertz CT molecular complexity index is 1550. The molecule has 0 bridgehead atoms. The molecule has 5 rings (SSSR count). The standard InChI is InChI=1S/C32H27ClF3N3O/c33-26-14-15-30-38-20-29(39(30)21-26)28(24-12-7-13-25(18-24)32(34,35)36)19-31(40)37-17-16-27(22-8-3-1-4-9-22)23-10-5-2-6-11-23/h1-15,18,20-21,27-28H,16-17,19H2,(H,37,40). The summed E-state index contributed by atoms with van der Waals surface area (Å²) in [5.74, 6) is -0.850. The van der Waals surface area contributed by atoms with Crippen LogP contribution in [0, 0.1) is 0 Å². The van der Waals surface area contributed by atoms with E-state index >= 15 is 0 Å². The van der Waals surface area contributed by atoms with E-state index in [0.29, 0.717) is 34.9 Å². The molecule has 1 atom stereocenters. The van der Waals surface area contributed by atoms with Crippen LogP contribution >= 0.6 is 11.6 Å². The molecule has 1 amide bonds. The average Bonchev–Trinajstić information content (AvgIpc) is 3.37. The first-order valence-electron chi connectivity index (χ1n) is 13.0. The maximum Gasteiger partial charge on any atom is 0.416 e. The van der Waals surface area contributed by atoms with Gasteiger partial charge in [0.05, 0.1) is 16.3 Å². The molecule has 40 heavy (non-hydrogen) atoms. The fraction of sp³-hybridized carbons (Fsp3) is 0.188. The number of pyridine rings is 1. The van der Waals surface area contributed by atoms with Gasteiger partial charge in [-0.3, -0.25) is 4.79 Å². The van der Waals surface area contributed by atoms with Gasteiger partial charge in [-0.05, 0) is 41.3 Å². The second-order valence-electron chi connectivity index (χ2n) is 9.65. The molecular weight excluding hydrogens is 535 g/mol. The number of nitrogens with one attached hydrogen (secondary N) is 1. The molecule has 0 saturated carbocycles. The van der Waals surface area contributed by atoms with E-state index in [2.05, 4.69) is 34.6 Å². The molecule has 4 nitrogen and oxygen atoms in total. The zero-order valence-electron chi connectivity index (χ0n) is 21.5. The Balaban J connectivity index is 1.38. The van der Waals surface area contributed by atoms with Crippen molar-refractivity contribution in [3.8, 4) is 0 Å². The van der Waals surface area contributed by atoms with Crippen molar-refractivity contribution in [1.82, 2.24) is 14.7 Å². The summed E-state index contributed by atoms with van der Waals surface area (Å²) < 4.78 is 42.4. The molecule has 0 aliphatic heterocycles. The Morgan fingerprint density at radius 1 is 0.850 bits per heavy atom. The smallest absolute Gasteiger partial charge is 0.356 e. The summed E-state index contributed by atoms with van der Waals surface area (Å²) in [5.41, 5.74) is 3.07. The number of carbonyl (C=O) groups excluding carboxylic acids is 1. The van der Waals surface area contributed by atoms with Gasteiger partial charge >= 0.3 is 6.18 Å². The Morgan fingerprint density at radius 3 is 2.15 bits per heavy atom. The van der Waals surface area contributed by atoms with Crippen LogP contribution in [-0.4, -0.2) is 21.8 Å². The van der Waals surface area contributed by atoms with Crippen molar-refractivity contribution < 1.29 is 18.0 Å². The van der Waals surface area contributed by atoms with Crippen LogP contribution in [0.4, 0.5) is 13.2 Å². The monoisotopic (exact) mass is 561 g/mol. The number of rotatable bonds is 9. The van der Waals surface area contributed by atoms with Crippen molar-refractivity contribution in [2.45, 2.75) is 30.9 Å². The quantitative estimate of drug-likeness (QED) is 0.199. The summed E-state index contributed by atoms with van der Waals surface area (Å²) in [7, 11) is 0. The first-order chi connectivity index (χ1) is 19.3. The van der Waals surface area contributed by atoms with Gasteiger partial charge in [-0.25, -0.2) is 4.98 Å². The molecule has 0 saturated heterocycles. The van der Waals surface area contributed by atoms with E-state index in [1.807, 2.05) is 36.4 Å². The van der Waals surface area contributed by atoms with Crippen molar-refractivity contribution in [1.29, 1.82) is 0 Å². The van der Waals surface area contributed by atoms with Crippen molar-refractivity contribution >= 4 is 23.2 Å². The molecule has 2 heterocycles. The molecule has 2 aromatic heterocycles. The third kappa shape index (κ3) is 6.37. The van der Waals surface area contributed by atoms with Crippen molar-refractivity contribution in [2.24, 2.45) is 0 Å². The van der Waals surface area contributed by atoms with Gasteiger partial charge in [0.2, 0.25) is 5.91 Å². The molecule has 0 fully saturated rings. The minimum atomic E-state index is -4.50. The fourth-order valence-corrected chi connectivity index (χ4v) is 5.23. The molecule has 5 aromatic rings. The predicted octanol–water partition coefficient (Wildman–Crippen LogP) is 7.87. The fourth-order valence-electron chi connectivity index (χ4n) is 5.07. The number of benzene rings is 3. The minimum Gasteiger partial charge on any atom is -0.356 e. The maximum atomic E-state index is 13.6. The van der Waals surface area contributed by atoms with E-state index < -0.39 is 17.7 Å². The van der Waals surface area contributed by atoms with Crippen molar-refractivity contribution in [2.75, 3.05) is 6.54 Å². The van der Waals surface area contributed by atoms with Crippen molar-refractivity contribution in [3.05, 3.63) is 142 Å². The minimum absolute atomic E-state index is 0.0526. The number of hydrogen-bond acceptors (Lipinski definition) is 2. The second kappa shape index (κ2) is 12.0. The molecule has 0 spiro atoms. The molecule has 8 heteroatoms. The lowest BCUT2D eigenvalue weighted by atomic mass is 9.88. The second-order valence-corrected chi connectivity index (χ2v) is 10.1. The van der Waals surface area contributed by atoms with Crippen molar-refractivity contribution in [3.63, 3.8) is 0 Å². The highest BCUT2D eigenvalue weighted by molar-refractivity contribution is 6.30. The lowest BCUT2D eigenvalue weighted by Crippen LogP contribution is -2.28. The van der Waals surface area contributed by atoms with Gasteiger partial charge in [-0.1, -0.05) is 90.5 Å². The third-order valence-electron chi connectivity index (χ3n) is 7.02. The maximum absolute atomic E-state index is 13.6. The van der Waals surface area contributed by atoms with E-state index in [0.717, 1.165) is 23.3 Å². The molecule has 0 radical (unpaired) electrons. The number of alkyl halides is 3. The third-order valence-corrected chi connectivity index (χ3v) is 7.24. The summed E-state index contributed by atoms with van der Waals surface area (Å²) >= 11 is 6.21. The zero-order chi connectivity index (χ0) is 28.1. The summed E-state index contributed by atoms with van der Waals surface area (Å²) in [6, 6.07) is 28.7. The number of amides is 1. The van der Waals surface area contributed by atoms with Crippen LogP contribution in [-0.2, 0) is 11.0 Å². The van der Waals surface area contributed by atoms with E-state index in [4.69, 9.17) is 11.6 Å². The molecule has 1 unspecified atom stereocenters. The van der Waals surface area contributed by atoms with Crippen LogP contribution in [0.25, 0.3) is 5.65 Å². The van der Waals surface area contributed by atoms with Gasteiger partial charge in [0.1, 0.15) is 5.65 Å². The summed E-state index contributed by atoms with van der Waals surface area (Å²) in [4.78, 5) is 17.7. The highest BCUT2D eigenvalue weighted by atomic mass is 35.5. The SMILES string of the molecule is O=C(CC(c1cccc(C(F)(F)F)c1)c1cnc2ccc(Cl)cn12)NCCC(c1ccccc1)c1ccccc1.